The molecule has 1 heterocycles. The summed E-state index contributed by atoms with van der Waals surface area (Å²) >= 11 is 6.16. The number of phenolic OH excluding ortho intramolecular Hbond substituents is 1. The van der Waals surface area contributed by atoms with Crippen LogP contribution in [0.4, 0.5) is 5.69 Å². The molecule has 2 N–H and O–H groups in total. The van der Waals surface area contributed by atoms with Gasteiger partial charge in [0.1, 0.15) is 17.3 Å². The Morgan fingerprint density at radius 2 is 1.76 bits per heavy atom. The predicted octanol–water partition coefficient (Wildman–Crippen LogP) is 4.94. The van der Waals surface area contributed by atoms with Crippen molar-refractivity contribution >= 4 is 34.7 Å². The van der Waals surface area contributed by atoms with Gasteiger partial charge in [-0.15, -0.1) is 0 Å². The van der Waals surface area contributed by atoms with E-state index in [9.17, 15) is 19.8 Å². The van der Waals surface area contributed by atoms with Crippen LogP contribution in [0.2, 0.25) is 5.02 Å². The monoisotopic (exact) mass is 474 g/mol. The summed E-state index contributed by atoms with van der Waals surface area (Å²) in [6, 6.07) is 17.8. The number of nitriles is 1. The standard InChI is InChI=1S/C26H19ClN2O5/c1-2-34-21-13-17(7-12-20(21)27)24(31)22-23(16-5-10-19(30)11-6-16)29(26(33)25(22)32)18-8-3-15(14-28)4-9-18/h3-13,23,30-31H,2H2,1H3/b24-22-. The van der Waals surface area contributed by atoms with E-state index in [1.807, 2.05) is 6.07 Å². The molecule has 0 aliphatic carbocycles. The number of halogens is 1. The number of Topliss-reactive ketones (excluding diaryl/α,β-unsaturated/α-hetero) is 1. The zero-order valence-electron chi connectivity index (χ0n) is 18.0. The molecule has 1 fully saturated rings. The normalized spacial score (nSPS) is 17.0. The first kappa shape index (κ1) is 22.9. The van der Waals surface area contributed by atoms with Crippen molar-refractivity contribution in [3.8, 4) is 17.6 Å². The quantitative estimate of drug-likeness (QED) is 0.308. The molecule has 0 bridgehead atoms. The highest BCUT2D eigenvalue weighted by molar-refractivity contribution is 6.51. The number of ether oxygens (including phenoxy) is 1. The summed E-state index contributed by atoms with van der Waals surface area (Å²) in [6.45, 7) is 2.14. The van der Waals surface area contributed by atoms with Gasteiger partial charge in [0.05, 0.1) is 34.9 Å². The van der Waals surface area contributed by atoms with E-state index in [2.05, 4.69) is 0 Å². The van der Waals surface area contributed by atoms with E-state index in [0.717, 1.165) is 0 Å². The fraction of sp³-hybridized carbons (Fsp3) is 0.115. The third kappa shape index (κ3) is 4.07. The predicted molar refractivity (Wildman–Crippen MR) is 127 cm³/mol. The van der Waals surface area contributed by atoms with Crippen LogP contribution >= 0.6 is 11.6 Å². The summed E-state index contributed by atoms with van der Waals surface area (Å²) in [7, 11) is 0. The zero-order chi connectivity index (χ0) is 24.4. The Morgan fingerprint density at radius 3 is 2.38 bits per heavy atom. The molecule has 170 valence electrons. The van der Waals surface area contributed by atoms with Crippen LogP contribution in [-0.4, -0.2) is 28.5 Å². The first-order valence-corrected chi connectivity index (χ1v) is 10.8. The molecular weight excluding hydrogens is 456 g/mol. The number of anilines is 1. The minimum absolute atomic E-state index is 0.0122. The van der Waals surface area contributed by atoms with Crippen LogP contribution in [0.5, 0.6) is 11.5 Å². The first-order valence-electron chi connectivity index (χ1n) is 10.4. The van der Waals surface area contributed by atoms with Crippen LogP contribution in [0.15, 0.2) is 72.3 Å². The largest absolute Gasteiger partial charge is 0.508 e. The number of rotatable bonds is 5. The molecule has 0 spiro atoms. The molecule has 1 amide bonds. The maximum absolute atomic E-state index is 13.2. The highest BCUT2D eigenvalue weighted by Crippen LogP contribution is 2.43. The van der Waals surface area contributed by atoms with Gasteiger partial charge in [0.15, 0.2) is 0 Å². The van der Waals surface area contributed by atoms with Crippen LogP contribution in [0.3, 0.4) is 0 Å². The lowest BCUT2D eigenvalue weighted by molar-refractivity contribution is -0.132. The van der Waals surface area contributed by atoms with Crippen molar-refractivity contribution in [3.63, 3.8) is 0 Å². The molecule has 1 atom stereocenters. The zero-order valence-corrected chi connectivity index (χ0v) is 18.8. The van der Waals surface area contributed by atoms with E-state index in [4.69, 9.17) is 21.6 Å². The van der Waals surface area contributed by atoms with Crippen LogP contribution in [-0.2, 0) is 9.59 Å². The summed E-state index contributed by atoms with van der Waals surface area (Å²) in [5, 5.41) is 30.4. The van der Waals surface area contributed by atoms with Gasteiger partial charge in [-0.05, 0) is 67.1 Å². The molecule has 3 aromatic rings. The van der Waals surface area contributed by atoms with Crippen LogP contribution in [0.25, 0.3) is 5.76 Å². The van der Waals surface area contributed by atoms with Crippen LogP contribution in [0.1, 0.15) is 29.7 Å². The maximum atomic E-state index is 13.2. The van der Waals surface area contributed by atoms with Gasteiger partial charge in [-0.2, -0.15) is 5.26 Å². The number of ketones is 1. The van der Waals surface area contributed by atoms with Crippen molar-refractivity contribution < 1.29 is 24.5 Å². The van der Waals surface area contributed by atoms with Gasteiger partial charge < -0.3 is 14.9 Å². The van der Waals surface area contributed by atoms with E-state index in [-0.39, 0.29) is 22.6 Å². The Balaban J connectivity index is 1.92. The van der Waals surface area contributed by atoms with Crippen molar-refractivity contribution in [2.24, 2.45) is 0 Å². The van der Waals surface area contributed by atoms with Gasteiger partial charge in [-0.25, -0.2) is 0 Å². The summed E-state index contributed by atoms with van der Waals surface area (Å²) in [5.74, 6) is -1.74. The highest BCUT2D eigenvalue weighted by atomic mass is 35.5. The van der Waals surface area contributed by atoms with E-state index in [1.165, 1.54) is 47.4 Å². The van der Waals surface area contributed by atoms with Crippen molar-refractivity contribution in [2.45, 2.75) is 13.0 Å². The number of hydrogen-bond donors (Lipinski definition) is 2. The summed E-state index contributed by atoms with van der Waals surface area (Å²) < 4.78 is 5.49. The molecule has 1 aliphatic heterocycles. The number of hydrogen-bond acceptors (Lipinski definition) is 6. The van der Waals surface area contributed by atoms with E-state index >= 15 is 0 Å². The molecule has 3 aromatic carbocycles. The van der Waals surface area contributed by atoms with Crippen LogP contribution < -0.4 is 9.64 Å². The molecule has 7 nitrogen and oxygen atoms in total. The first-order chi connectivity index (χ1) is 16.3. The van der Waals surface area contributed by atoms with Gasteiger partial charge in [0, 0.05) is 11.3 Å². The second-order valence-electron chi connectivity index (χ2n) is 7.50. The molecule has 4 rings (SSSR count). The Morgan fingerprint density at radius 1 is 1.09 bits per heavy atom. The summed E-state index contributed by atoms with van der Waals surface area (Å²) in [4.78, 5) is 27.6. The molecule has 0 radical (unpaired) electrons. The Labute approximate surface area is 200 Å². The van der Waals surface area contributed by atoms with Crippen molar-refractivity contribution in [2.75, 3.05) is 11.5 Å². The molecule has 1 saturated heterocycles. The minimum Gasteiger partial charge on any atom is -0.508 e. The molecule has 34 heavy (non-hydrogen) atoms. The second kappa shape index (κ2) is 9.30. The van der Waals surface area contributed by atoms with Crippen molar-refractivity contribution in [1.82, 2.24) is 0 Å². The third-order valence-electron chi connectivity index (χ3n) is 5.43. The third-order valence-corrected chi connectivity index (χ3v) is 5.74. The number of carbonyl (C=O) groups excluding carboxylic acids is 2. The number of amides is 1. The highest BCUT2D eigenvalue weighted by Gasteiger charge is 2.47. The number of phenols is 1. The lowest BCUT2D eigenvalue weighted by Crippen LogP contribution is -2.29. The Kier molecular flexibility index (Phi) is 6.26. The molecule has 1 aliphatic rings. The number of carbonyl (C=O) groups is 2. The van der Waals surface area contributed by atoms with Gasteiger partial charge in [0.2, 0.25) is 0 Å². The second-order valence-corrected chi connectivity index (χ2v) is 7.90. The van der Waals surface area contributed by atoms with E-state index in [0.29, 0.717) is 34.2 Å². The van der Waals surface area contributed by atoms with Gasteiger partial charge in [0.25, 0.3) is 11.7 Å². The summed E-state index contributed by atoms with van der Waals surface area (Å²) in [6.07, 6.45) is 0. The average Bonchev–Trinajstić information content (AvgIpc) is 3.11. The Hall–Kier alpha value is -4.28. The number of nitrogens with zero attached hydrogens (tertiary/aromatic N) is 2. The number of aromatic hydroxyl groups is 1. The fourth-order valence-electron chi connectivity index (χ4n) is 3.84. The molecular formula is C26H19ClN2O5. The summed E-state index contributed by atoms with van der Waals surface area (Å²) in [5.41, 5.74) is 1.41. The van der Waals surface area contributed by atoms with Gasteiger partial charge >= 0.3 is 0 Å². The smallest absolute Gasteiger partial charge is 0.300 e. The van der Waals surface area contributed by atoms with Crippen molar-refractivity contribution in [3.05, 3.63) is 94.0 Å². The molecule has 8 heteroatoms. The van der Waals surface area contributed by atoms with E-state index in [1.54, 1.807) is 31.2 Å². The molecule has 0 aromatic heterocycles. The number of benzene rings is 3. The molecule has 1 unspecified atom stereocenters. The van der Waals surface area contributed by atoms with Gasteiger partial charge in [-0.3, -0.25) is 14.5 Å². The van der Waals surface area contributed by atoms with Crippen LogP contribution in [0, 0.1) is 11.3 Å². The topological polar surface area (TPSA) is 111 Å². The van der Waals surface area contributed by atoms with Crippen molar-refractivity contribution in [1.29, 1.82) is 5.26 Å². The number of aliphatic hydroxyl groups is 1. The number of aliphatic hydroxyl groups excluding tert-OH is 1. The minimum atomic E-state index is -0.972. The SMILES string of the molecule is CCOc1cc(/C(O)=C2/C(=O)C(=O)N(c3ccc(C#N)cc3)C2c2ccc(O)cc2)ccc1Cl. The molecule has 0 saturated carbocycles. The maximum Gasteiger partial charge on any atom is 0.300 e. The average molecular weight is 475 g/mol. The lowest BCUT2D eigenvalue weighted by Gasteiger charge is -2.25. The van der Waals surface area contributed by atoms with Gasteiger partial charge in [-0.1, -0.05) is 23.7 Å². The lowest BCUT2D eigenvalue weighted by atomic mass is 9.95. The van der Waals surface area contributed by atoms with E-state index < -0.39 is 17.7 Å². The Bertz CT molecular complexity index is 1340. The fourth-order valence-corrected chi connectivity index (χ4v) is 4.01.